The van der Waals surface area contributed by atoms with Crippen molar-refractivity contribution in [3.05, 3.63) is 0 Å². The Hall–Kier alpha value is -0.600. The van der Waals surface area contributed by atoms with Crippen LogP contribution in [0.5, 0.6) is 0 Å². The lowest BCUT2D eigenvalue weighted by molar-refractivity contribution is -0.144. The standard InChI is InChI=1S/C9H15FO2/c1-6(9(11)12)7-4-2-3-5-8(7)10/h6-8H,2-5H2,1H3,(H,11,12). The van der Waals surface area contributed by atoms with Gasteiger partial charge in [0.05, 0.1) is 5.92 Å². The van der Waals surface area contributed by atoms with Gasteiger partial charge in [-0.2, -0.15) is 0 Å². The smallest absolute Gasteiger partial charge is 0.306 e. The van der Waals surface area contributed by atoms with Crippen molar-refractivity contribution >= 4 is 5.97 Å². The van der Waals surface area contributed by atoms with Crippen LogP contribution in [-0.4, -0.2) is 17.2 Å². The van der Waals surface area contributed by atoms with Crippen LogP contribution in [0.1, 0.15) is 32.6 Å². The normalized spacial score (nSPS) is 32.8. The average molecular weight is 174 g/mol. The van der Waals surface area contributed by atoms with E-state index in [9.17, 15) is 9.18 Å². The number of rotatable bonds is 2. The summed E-state index contributed by atoms with van der Waals surface area (Å²) >= 11 is 0. The van der Waals surface area contributed by atoms with Crippen LogP contribution in [-0.2, 0) is 4.79 Å². The monoisotopic (exact) mass is 174 g/mol. The van der Waals surface area contributed by atoms with E-state index < -0.39 is 18.1 Å². The third-order valence-corrected chi connectivity index (χ3v) is 2.76. The molecule has 0 aromatic heterocycles. The number of hydrogen-bond donors (Lipinski definition) is 1. The lowest BCUT2D eigenvalue weighted by atomic mass is 9.79. The van der Waals surface area contributed by atoms with Crippen molar-refractivity contribution in [3.8, 4) is 0 Å². The van der Waals surface area contributed by atoms with Crippen LogP contribution in [0.25, 0.3) is 0 Å². The highest BCUT2D eigenvalue weighted by Gasteiger charge is 2.32. The van der Waals surface area contributed by atoms with Gasteiger partial charge in [0, 0.05) is 5.92 Å². The molecule has 3 heteroatoms. The molecule has 1 rings (SSSR count). The summed E-state index contributed by atoms with van der Waals surface area (Å²) in [6, 6.07) is 0. The maximum Gasteiger partial charge on any atom is 0.306 e. The van der Waals surface area contributed by atoms with Crippen molar-refractivity contribution in [1.29, 1.82) is 0 Å². The molecule has 0 aromatic rings. The Morgan fingerprint density at radius 1 is 1.50 bits per heavy atom. The van der Waals surface area contributed by atoms with E-state index in [0.29, 0.717) is 6.42 Å². The number of carboxylic acids is 1. The second-order valence-electron chi connectivity index (χ2n) is 3.59. The lowest BCUT2D eigenvalue weighted by Crippen LogP contribution is -2.31. The number of hydrogen-bond acceptors (Lipinski definition) is 1. The largest absolute Gasteiger partial charge is 0.481 e. The van der Waals surface area contributed by atoms with E-state index in [4.69, 9.17) is 5.11 Å². The Bertz CT molecular complexity index is 170. The Morgan fingerprint density at radius 3 is 2.58 bits per heavy atom. The zero-order valence-corrected chi connectivity index (χ0v) is 7.29. The maximum atomic E-state index is 13.2. The molecular weight excluding hydrogens is 159 g/mol. The average Bonchev–Trinajstić information content (AvgIpc) is 2.04. The number of aliphatic carboxylic acids is 1. The molecule has 0 aliphatic heterocycles. The highest BCUT2D eigenvalue weighted by Crippen LogP contribution is 2.32. The van der Waals surface area contributed by atoms with Crippen LogP contribution in [0, 0.1) is 11.8 Å². The molecule has 0 amide bonds. The fourth-order valence-corrected chi connectivity index (χ4v) is 1.86. The van der Waals surface area contributed by atoms with Gasteiger partial charge in [-0.05, 0) is 12.8 Å². The fraction of sp³-hybridized carbons (Fsp3) is 0.889. The Kier molecular flexibility index (Phi) is 3.06. The predicted octanol–water partition coefficient (Wildman–Crippen LogP) is 2.24. The van der Waals surface area contributed by atoms with Gasteiger partial charge in [0.15, 0.2) is 0 Å². The van der Waals surface area contributed by atoms with Gasteiger partial charge in [0.1, 0.15) is 6.17 Å². The van der Waals surface area contributed by atoms with Crippen LogP contribution >= 0.6 is 0 Å². The highest BCUT2D eigenvalue weighted by molar-refractivity contribution is 5.69. The Balaban J connectivity index is 2.53. The minimum Gasteiger partial charge on any atom is -0.481 e. The number of halogens is 1. The summed E-state index contributed by atoms with van der Waals surface area (Å²) in [6.07, 6.45) is 2.26. The number of carboxylic acid groups (broad SMARTS) is 1. The molecule has 1 N–H and O–H groups in total. The second kappa shape index (κ2) is 3.87. The maximum absolute atomic E-state index is 13.2. The fourth-order valence-electron chi connectivity index (χ4n) is 1.86. The van der Waals surface area contributed by atoms with E-state index in [1.54, 1.807) is 6.92 Å². The number of alkyl halides is 1. The first kappa shape index (κ1) is 9.49. The molecule has 1 fully saturated rings. The second-order valence-corrected chi connectivity index (χ2v) is 3.59. The third-order valence-electron chi connectivity index (χ3n) is 2.76. The molecule has 0 saturated heterocycles. The topological polar surface area (TPSA) is 37.3 Å². The summed E-state index contributed by atoms with van der Waals surface area (Å²) in [6.45, 7) is 1.60. The molecule has 3 unspecified atom stereocenters. The van der Waals surface area contributed by atoms with E-state index in [0.717, 1.165) is 19.3 Å². The van der Waals surface area contributed by atoms with E-state index >= 15 is 0 Å². The Morgan fingerprint density at radius 2 is 2.08 bits per heavy atom. The lowest BCUT2D eigenvalue weighted by Gasteiger charge is -2.28. The zero-order chi connectivity index (χ0) is 9.14. The Labute approximate surface area is 71.8 Å². The SMILES string of the molecule is CC(C(=O)O)C1CCCCC1F. The van der Waals surface area contributed by atoms with Crippen LogP contribution in [0.15, 0.2) is 0 Å². The van der Waals surface area contributed by atoms with Crippen LogP contribution in [0.3, 0.4) is 0 Å². The molecule has 1 aliphatic carbocycles. The summed E-state index contributed by atoms with van der Waals surface area (Å²) in [5.41, 5.74) is 0. The van der Waals surface area contributed by atoms with E-state index in [1.165, 1.54) is 0 Å². The van der Waals surface area contributed by atoms with Crippen molar-refractivity contribution in [2.45, 2.75) is 38.8 Å². The predicted molar refractivity (Wildman–Crippen MR) is 43.7 cm³/mol. The summed E-state index contributed by atoms with van der Waals surface area (Å²) < 4.78 is 13.2. The molecule has 1 saturated carbocycles. The first-order valence-electron chi connectivity index (χ1n) is 4.50. The molecule has 0 heterocycles. The van der Waals surface area contributed by atoms with Gasteiger partial charge in [-0.3, -0.25) is 4.79 Å². The van der Waals surface area contributed by atoms with Crippen molar-refractivity contribution in [1.82, 2.24) is 0 Å². The third kappa shape index (κ3) is 1.96. The van der Waals surface area contributed by atoms with Crippen LogP contribution in [0.4, 0.5) is 4.39 Å². The molecule has 0 spiro atoms. The van der Waals surface area contributed by atoms with Gasteiger partial charge in [-0.25, -0.2) is 4.39 Å². The molecule has 0 aromatic carbocycles. The summed E-state index contributed by atoms with van der Waals surface area (Å²) in [4.78, 5) is 10.6. The van der Waals surface area contributed by atoms with E-state index in [1.807, 2.05) is 0 Å². The van der Waals surface area contributed by atoms with Gasteiger partial charge in [-0.1, -0.05) is 19.8 Å². The molecule has 1 aliphatic rings. The van der Waals surface area contributed by atoms with Gasteiger partial charge in [0.2, 0.25) is 0 Å². The first-order valence-corrected chi connectivity index (χ1v) is 4.50. The van der Waals surface area contributed by atoms with Crippen LogP contribution in [0.2, 0.25) is 0 Å². The van der Waals surface area contributed by atoms with Gasteiger partial charge in [-0.15, -0.1) is 0 Å². The van der Waals surface area contributed by atoms with E-state index in [-0.39, 0.29) is 5.92 Å². The molecular formula is C9H15FO2. The molecule has 0 radical (unpaired) electrons. The van der Waals surface area contributed by atoms with Crippen molar-refractivity contribution in [2.24, 2.45) is 11.8 Å². The van der Waals surface area contributed by atoms with Crippen molar-refractivity contribution < 1.29 is 14.3 Å². The van der Waals surface area contributed by atoms with Crippen molar-refractivity contribution in [2.75, 3.05) is 0 Å². The van der Waals surface area contributed by atoms with E-state index in [2.05, 4.69) is 0 Å². The zero-order valence-electron chi connectivity index (χ0n) is 7.29. The summed E-state index contributed by atoms with van der Waals surface area (Å²) in [5.74, 6) is -1.65. The minimum atomic E-state index is -0.898. The van der Waals surface area contributed by atoms with Gasteiger partial charge in [0.25, 0.3) is 0 Å². The summed E-state index contributed by atoms with van der Waals surface area (Å²) in [5, 5.41) is 8.69. The van der Waals surface area contributed by atoms with Crippen molar-refractivity contribution in [3.63, 3.8) is 0 Å². The number of carbonyl (C=O) groups is 1. The van der Waals surface area contributed by atoms with Gasteiger partial charge < -0.3 is 5.11 Å². The van der Waals surface area contributed by atoms with Crippen LogP contribution < -0.4 is 0 Å². The molecule has 3 atom stereocenters. The minimum absolute atomic E-state index is 0.253. The quantitative estimate of drug-likeness (QED) is 0.697. The molecule has 70 valence electrons. The molecule has 12 heavy (non-hydrogen) atoms. The highest BCUT2D eigenvalue weighted by atomic mass is 19.1. The molecule has 0 bridgehead atoms. The molecule has 2 nitrogen and oxygen atoms in total. The first-order chi connectivity index (χ1) is 5.63. The van der Waals surface area contributed by atoms with Gasteiger partial charge >= 0.3 is 5.97 Å². The summed E-state index contributed by atoms with van der Waals surface area (Å²) in [7, 11) is 0.